The van der Waals surface area contributed by atoms with Crippen molar-refractivity contribution >= 4 is 30.9 Å². The lowest BCUT2D eigenvalue weighted by Gasteiger charge is -2.31. The fourth-order valence-corrected chi connectivity index (χ4v) is 5.17. The standard InChI is InChI=1S/C15H34O5Si3/c1-21(2,3)17-11-14(20-23(7,8)9)12-10-13(15(16)18-12)19-22(4,5)6/h12-14H,10-11H2,1-9H3/t12-,13-,14+/m0/s1. The molecule has 0 radical (unpaired) electrons. The van der Waals surface area contributed by atoms with Crippen molar-refractivity contribution in [3.63, 3.8) is 0 Å². The van der Waals surface area contributed by atoms with Crippen LogP contribution in [0.15, 0.2) is 0 Å². The Bertz CT molecular complexity index is 409. The van der Waals surface area contributed by atoms with Gasteiger partial charge in [0.2, 0.25) is 0 Å². The van der Waals surface area contributed by atoms with Gasteiger partial charge in [0, 0.05) is 6.42 Å². The number of cyclic esters (lactones) is 1. The van der Waals surface area contributed by atoms with Crippen molar-refractivity contribution in [3.05, 3.63) is 0 Å². The predicted octanol–water partition coefficient (Wildman–Crippen LogP) is 3.59. The van der Waals surface area contributed by atoms with Crippen molar-refractivity contribution in [3.8, 4) is 0 Å². The summed E-state index contributed by atoms with van der Waals surface area (Å²) in [5, 5.41) is 0. The molecule has 0 N–H and O–H groups in total. The number of hydrogen-bond donors (Lipinski definition) is 0. The molecule has 1 aliphatic heterocycles. The van der Waals surface area contributed by atoms with E-state index in [4.69, 9.17) is 18.0 Å². The summed E-state index contributed by atoms with van der Waals surface area (Å²) in [5.41, 5.74) is 0. The van der Waals surface area contributed by atoms with Gasteiger partial charge in [0.1, 0.15) is 18.3 Å². The van der Waals surface area contributed by atoms with Crippen LogP contribution >= 0.6 is 0 Å². The number of carbonyl (C=O) groups is 1. The molecule has 136 valence electrons. The van der Waals surface area contributed by atoms with E-state index in [2.05, 4.69) is 58.9 Å². The fourth-order valence-electron chi connectivity index (χ4n) is 2.33. The van der Waals surface area contributed by atoms with Gasteiger partial charge in [0.05, 0.1) is 6.61 Å². The summed E-state index contributed by atoms with van der Waals surface area (Å²) in [6.45, 7) is 19.6. The minimum atomic E-state index is -1.78. The second-order valence-electron chi connectivity index (χ2n) is 9.12. The highest BCUT2D eigenvalue weighted by Gasteiger charge is 2.43. The Morgan fingerprint density at radius 3 is 2.00 bits per heavy atom. The van der Waals surface area contributed by atoms with Gasteiger partial charge in [-0.05, 0) is 58.9 Å². The molecule has 5 nitrogen and oxygen atoms in total. The molecule has 0 aliphatic carbocycles. The van der Waals surface area contributed by atoms with Crippen LogP contribution in [-0.4, -0.2) is 55.8 Å². The Hall–Kier alpha value is 0.000649. The topological polar surface area (TPSA) is 54.0 Å². The number of rotatable bonds is 8. The molecule has 0 unspecified atom stereocenters. The predicted molar refractivity (Wildman–Crippen MR) is 100 cm³/mol. The third kappa shape index (κ3) is 8.59. The molecule has 1 saturated heterocycles. The lowest BCUT2D eigenvalue weighted by molar-refractivity contribution is -0.150. The van der Waals surface area contributed by atoms with E-state index in [0.717, 1.165) is 0 Å². The van der Waals surface area contributed by atoms with Crippen molar-refractivity contribution in [1.82, 2.24) is 0 Å². The van der Waals surface area contributed by atoms with E-state index in [0.29, 0.717) is 13.0 Å². The quantitative estimate of drug-likeness (QED) is 0.477. The summed E-state index contributed by atoms with van der Waals surface area (Å²) in [6, 6.07) is 0. The van der Waals surface area contributed by atoms with E-state index in [-0.39, 0.29) is 18.2 Å². The third-order valence-corrected chi connectivity index (χ3v) is 6.11. The maximum absolute atomic E-state index is 12.1. The molecule has 8 heteroatoms. The number of ether oxygens (including phenoxy) is 1. The molecule has 1 rings (SSSR count). The van der Waals surface area contributed by atoms with E-state index in [1.54, 1.807) is 0 Å². The summed E-state index contributed by atoms with van der Waals surface area (Å²) < 4.78 is 23.8. The summed E-state index contributed by atoms with van der Waals surface area (Å²) in [6.07, 6.45) is -0.362. The van der Waals surface area contributed by atoms with Crippen LogP contribution in [0, 0.1) is 0 Å². The second kappa shape index (κ2) is 7.49. The minimum Gasteiger partial charge on any atom is -0.458 e. The Morgan fingerprint density at radius 1 is 1.00 bits per heavy atom. The highest BCUT2D eigenvalue weighted by Crippen LogP contribution is 2.27. The van der Waals surface area contributed by atoms with Gasteiger partial charge in [-0.25, -0.2) is 4.79 Å². The fraction of sp³-hybridized carbons (Fsp3) is 0.933. The summed E-state index contributed by atoms with van der Waals surface area (Å²) >= 11 is 0. The zero-order chi connectivity index (χ0) is 18.1. The normalized spacial score (nSPS) is 24.7. The summed E-state index contributed by atoms with van der Waals surface area (Å²) in [5.74, 6) is -0.255. The van der Waals surface area contributed by atoms with Crippen LogP contribution in [-0.2, 0) is 22.8 Å². The van der Waals surface area contributed by atoms with Gasteiger partial charge in [0.25, 0.3) is 0 Å². The van der Waals surface area contributed by atoms with Crippen molar-refractivity contribution in [1.29, 1.82) is 0 Å². The lowest BCUT2D eigenvalue weighted by atomic mass is 10.1. The maximum atomic E-state index is 12.1. The molecule has 0 amide bonds. The Balaban J connectivity index is 2.76. The van der Waals surface area contributed by atoms with Gasteiger partial charge in [-0.2, -0.15) is 0 Å². The zero-order valence-electron chi connectivity index (χ0n) is 16.2. The van der Waals surface area contributed by atoms with Gasteiger partial charge in [-0.15, -0.1) is 0 Å². The van der Waals surface area contributed by atoms with E-state index in [1.807, 2.05) is 0 Å². The highest BCUT2D eigenvalue weighted by atomic mass is 28.4. The Morgan fingerprint density at radius 2 is 1.57 bits per heavy atom. The number of hydrogen-bond acceptors (Lipinski definition) is 5. The molecular weight excluding hydrogens is 344 g/mol. The van der Waals surface area contributed by atoms with Crippen molar-refractivity contribution in [2.75, 3.05) is 6.61 Å². The number of esters is 1. The van der Waals surface area contributed by atoms with Crippen LogP contribution in [0.2, 0.25) is 58.9 Å². The van der Waals surface area contributed by atoms with Gasteiger partial charge in [-0.1, -0.05) is 0 Å². The molecule has 0 aromatic heterocycles. The van der Waals surface area contributed by atoms with Crippen LogP contribution in [0.4, 0.5) is 0 Å². The van der Waals surface area contributed by atoms with Gasteiger partial charge < -0.3 is 18.0 Å². The molecule has 23 heavy (non-hydrogen) atoms. The SMILES string of the molecule is C[Si](C)(C)OC[C@@H](O[Si](C)(C)C)[C@@H]1C[C@H](O[Si](C)(C)C)C(=O)O1. The molecule has 1 fully saturated rings. The zero-order valence-corrected chi connectivity index (χ0v) is 19.2. The van der Waals surface area contributed by atoms with Crippen LogP contribution in [0.25, 0.3) is 0 Å². The maximum Gasteiger partial charge on any atom is 0.334 e. The highest BCUT2D eigenvalue weighted by molar-refractivity contribution is 6.70. The molecule has 0 aromatic carbocycles. The van der Waals surface area contributed by atoms with Crippen molar-refractivity contribution in [2.45, 2.75) is 83.7 Å². The first-order valence-electron chi connectivity index (χ1n) is 8.36. The second-order valence-corrected chi connectivity index (χ2v) is 22.6. The molecule has 3 atom stereocenters. The molecule has 0 saturated carbocycles. The monoisotopic (exact) mass is 378 g/mol. The van der Waals surface area contributed by atoms with Crippen LogP contribution in [0.1, 0.15) is 6.42 Å². The summed E-state index contributed by atoms with van der Waals surface area (Å²) in [4.78, 5) is 12.1. The van der Waals surface area contributed by atoms with Crippen molar-refractivity contribution < 1.29 is 22.8 Å². The minimum absolute atomic E-state index is 0.201. The van der Waals surface area contributed by atoms with E-state index < -0.39 is 31.1 Å². The molecule has 1 aliphatic rings. The van der Waals surface area contributed by atoms with Crippen LogP contribution < -0.4 is 0 Å². The first kappa shape index (κ1) is 21.0. The van der Waals surface area contributed by atoms with E-state index in [1.165, 1.54) is 0 Å². The van der Waals surface area contributed by atoms with Gasteiger partial charge in [0.15, 0.2) is 25.0 Å². The van der Waals surface area contributed by atoms with E-state index >= 15 is 0 Å². The summed E-state index contributed by atoms with van der Waals surface area (Å²) in [7, 11) is -5.19. The average molecular weight is 379 g/mol. The average Bonchev–Trinajstić information content (AvgIpc) is 2.61. The first-order valence-corrected chi connectivity index (χ1v) is 18.6. The largest absolute Gasteiger partial charge is 0.458 e. The van der Waals surface area contributed by atoms with Crippen LogP contribution in [0.5, 0.6) is 0 Å². The van der Waals surface area contributed by atoms with Gasteiger partial charge >= 0.3 is 5.97 Å². The molecular formula is C15H34O5Si3. The van der Waals surface area contributed by atoms with E-state index in [9.17, 15) is 4.79 Å². The van der Waals surface area contributed by atoms with Crippen molar-refractivity contribution in [2.24, 2.45) is 0 Å². The molecule has 0 aromatic rings. The first-order chi connectivity index (χ1) is 10.2. The van der Waals surface area contributed by atoms with Crippen LogP contribution in [0.3, 0.4) is 0 Å². The smallest absolute Gasteiger partial charge is 0.334 e. The Kier molecular flexibility index (Phi) is 6.85. The number of carbonyl (C=O) groups excluding carboxylic acids is 1. The van der Waals surface area contributed by atoms with Gasteiger partial charge in [-0.3, -0.25) is 0 Å². The third-order valence-electron chi connectivity index (χ3n) is 3.07. The molecule has 0 bridgehead atoms. The lowest BCUT2D eigenvalue weighted by Crippen LogP contribution is -2.44. The molecule has 1 heterocycles. The Labute approximate surface area is 144 Å². The molecule has 0 spiro atoms.